The van der Waals surface area contributed by atoms with Crippen LogP contribution >= 0.6 is 23.2 Å². The Morgan fingerprint density at radius 1 is 1.09 bits per heavy atom. The number of halogens is 4. The van der Waals surface area contributed by atoms with Crippen molar-refractivity contribution in [3.05, 3.63) is 63.6 Å². The molecule has 2 rings (SSSR count). The van der Waals surface area contributed by atoms with Crippen LogP contribution in [0, 0.1) is 11.6 Å². The van der Waals surface area contributed by atoms with Crippen molar-refractivity contribution in [1.29, 1.82) is 0 Å². The molecule has 12 heteroatoms. The van der Waals surface area contributed by atoms with Gasteiger partial charge in [-0.2, -0.15) is 0 Å². The average molecular weight is 550 g/mol. The van der Waals surface area contributed by atoms with Gasteiger partial charge in [0.1, 0.15) is 6.04 Å². The highest BCUT2D eigenvalue weighted by atomic mass is 35.5. The van der Waals surface area contributed by atoms with E-state index in [2.05, 4.69) is 5.32 Å². The second kappa shape index (κ2) is 12.5. The second-order valence-corrected chi connectivity index (χ2v) is 10.6. The number of anilines is 1. The van der Waals surface area contributed by atoms with Gasteiger partial charge in [-0.25, -0.2) is 17.2 Å². The van der Waals surface area contributed by atoms with Crippen LogP contribution in [0.3, 0.4) is 0 Å². The van der Waals surface area contributed by atoms with Gasteiger partial charge in [0.2, 0.25) is 21.8 Å². The first kappa shape index (κ1) is 28.8. The van der Waals surface area contributed by atoms with Crippen LogP contribution in [0.15, 0.2) is 36.4 Å². The summed E-state index contributed by atoms with van der Waals surface area (Å²) < 4.78 is 52.4. The molecule has 2 aromatic carbocycles. The number of hydrogen-bond acceptors (Lipinski definition) is 4. The quantitative estimate of drug-likeness (QED) is 0.450. The van der Waals surface area contributed by atoms with Crippen molar-refractivity contribution < 1.29 is 26.8 Å². The zero-order chi connectivity index (χ0) is 26.3. The van der Waals surface area contributed by atoms with E-state index >= 15 is 0 Å². The number of likely N-dealkylation sites (N-methyl/N-ethyl adjacent to an activating group) is 1. The molecule has 0 heterocycles. The smallest absolute Gasteiger partial charge is 0.242 e. The van der Waals surface area contributed by atoms with Gasteiger partial charge in [0.25, 0.3) is 0 Å². The Labute approximate surface area is 214 Å². The van der Waals surface area contributed by atoms with Crippen molar-refractivity contribution in [3.8, 4) is 0 Å². The highest BCUT2D eigenvalue weighted by Gasteiger charge is 2.29. The summed E-state index contributed by atoms with van der Waals surface area (Å²) in [7, 11) is -2.37. The van der Waals surface area contributed by atoms with Crippen molar-refractivity contribution >= 4 is 50.7 Å². The summed E-state index contributed by atoms with van der Waals surface area (Å²) in [5, 5.41) is 3.31. The van der Waals surface area contributed by atoms with Crippen LogP contribution in [0.5, 0.6) is 0 Å². The van der Waals surface area contributed by atoms with Gasteiger partial charge >= 0.3 is 0 Å². The number of nitrogens with zero attached hydrogens (tertiary/aromatic N) is 2. The maximum atomic E-state index is 13.7. The molecule has 0 fully saturated rings. The second-order valence-electron chi connectivity index (χ2n) is 7.83. The SMILES string of the molecule is CC[C@@H](C(=O)NC)N(Cc1ccc(Cl)cc1Cl)C(=O)CCCN(c1ccc(F)c(F)c1)S(C)(=O)=O. The number of rotatable bonds is 11. The van der Waals surface area contributed by atoms with Gasteiger partial charge in [-0.05, 0) is 42.7 Å². The number of carbonyl (C=O) groups is 2. The normalized spacial score (nSPS) is 12.2. The Morgan fingerprint density at radius 2 is 1.77 bits per heavy atom. The van der Waals surface area contributed by atoms with Crippen LogP contribution in [-0.4, -0.2) is 51.0 Å². The van der Waals surface area contributed by atoms with Gasteiger partial charge in [0, 0.05) is 42.7 Å². The largest absolute Gasteiger partial charge is 0.357 e. The molecule has 0 spiro atoms. The van der Waals surface area contributed by atoms with Crippen LogP contribution in [0.1, 0.15) is 31.7 Å². The highest BCUT2D eigenvalue weighted by molar-refractivity contribution is 7.92. The van der Waals surface area contributed by atoms with E-state index in [0.29, 0.717) is 22.0 Å². The number of carbonyl (C=O) groups excluding carboxylic acids is 2. The summed E-state index contributed by atoms with van der Waals surface area (Å²) in [6, 6.07) is 6.81. The third kappa shape index (κ3) is 7.78. The standard InChI is InChI=1S/C23H27Cl2F2N3O4S/c1-4-21(23(32)28-2)29(14-15-7-8-16(24)12-18(15)25)22(31)6-5-11-30(35(3,33)34)17-9-10-19(26)20(27)13-17/h7-10,12-13,21H,4-6,11,14H2,1-3H3,(H,28,32)/t21-/m0/s1. The third-order valence-corrected chi connectivity index (χ3v) is 7.11. The van der Waals surface area contributed by atoms with Crippen LogP contribution < -0.4 is 9.62 Å². The molecule has 0 saturated carbocycles. The monoisotopic (exact) mass is 549 g/mol. The molecule has 192 valence electrons. The third-order valence-electron chi connectivity index (χ3n) is 5.33. The minimum Gasteiger partial charge on any atom is -0.357 e. The molecule has 1 N–H and O–H groups in total. The fourth-order valence-corrected chi connectivity index (χ4v) is 4.99. The molecule has 2 amide bonds. The van der Waals surface area contributed by atoms with E-state index in [1.807, 2.05) is 0 Å². The first-order valence-corrected chi connectivity index (χ1v) is 13.4. The number of nitrogens with one attached hydrogen (secondary N) is 1. The van der Waals surface area contributed by atoms with Crippen LogP contribution in [0.4, 0.5) is 14.5 Å². The molecule has 0 aromatic heterocycles. The molecule has 0 aliphatic heterocycles. The number of benzene rings is 2. The zero-order valence-electron chi connectivity index (χ0n) is 19.5. The minimum absolute atomic E-state index is 0.0414. The minimum atomic E-state index is -3.84. The molecule has 0 aliphatic carbocycles. The van der Waals surface area contributed by atoms with E-state index in [4.69, 9.17) is 23.2 Å². The fraction of sp³-hybridized carbons (Fsp3) is 0.391. The average Bonchev–Trinajstić information content (AvgIpc) is 2.78. The van der Waals surface area contributed by atoms with Crippen LogP contribution in [-0.2, 0) is 26.2 Å². The summed E-state index contributed by atoms with van der Waals surface area (Å²) >= 11 is 12.2. The molecule has 0 unspecified atom stereocenters. The lowest BCUT2D eigenvalue weighted by molar-refractivity contribution is -0.141. The van der Waals surface area contributed by atoms with Gasteiger partial charge in [-0.3, -0.25) is 13.9 Å². The Morgan fingerprint density at radius 3 is 2.31 bits per heavy atom. The summed E-state index contributed by atoms with van der Waals surface area (Å²) in [6.07, 6.45) is 1.24. The Hall–Kier alpha value is -2.43. The molecular weight excluding hydrogens is 523 g/mol. The molecule has 0 aliphatic rings. The van der Waals surface area contributed by atoms with Crippen molar-refractivity contribution in [3.63, 3.8) is 0 Å². The van der Waals surface area contributed by atoms with Crippen molar-refractivity contribution in [2.45, 2.75) is 38.8 Å². The Kier molecular flexibility index (Phi) is 10.3. The van der Waals surface area contributed by atoms with Crippen molar-refractivity contribution in [1.82, 2.24) is 10.2 Å². The topological polar surface area (TPSA) is 86.8 Å². The Balaban J connectivity index is 2.24. The molecule has 0 radical (unpaired) electrons. The molecule has 35 heavy (non-hydrogen) atoms. The fourth-order valence-electron chi connectivity index (χ4n) is 3.56. The van der Waals surface area contributed by atoms with Gasteiger partial charge < -0.3 is 10.2 Å². The lowest BCUT2D eigenvalue weighted by Gasteiger charge is -2.31. The zero-order valence-corrected chi connectivity index (χ0v) is 21.9. The van der Waals surface area contributed by atoms with E-state index in [1.54, 1.807) is 19.1 Å². The van der Waals surface area contributed by atoms with Gasteiger partial charge in [0.05, 0.1) is 11.9 Å². The lowest BCUT2D eigenvalue weighted by atomic mass is 10.1. The molecule has 1 atom stereocenters. The maximum absolute atomic E-state index is 13.7. The van der Waals surface area contributed by atoms with Crippen LogP contribution in [0.2, 0.25) is 10.0 Å². The number of sulfonamides is 1. The maximum Gasteiger partial charge on any atom is 0.242 e. The predicted octanol–water partition coefficient (Wildman–Crippen LogP) is 4.37. The molecule has 2 aromatic rings. The summed E-state index contributed by atoms with van der Waals surface area (Å²) in [5.74, 6) is -3.04. The van der Waals surface area contributed by atoms with E-state index in [0.717, 1.165) is 28.8 Å². The van der Waals surface area contributed by atoms with Crippen molar-refractivity contribution in [2.75, 3.05) is 24.2 Å². The number of amides is 2. The Bertz CT molecular complexity index is 1180. The predicted molar refractivity (Wildman–Crippen MR) is 133 cm³/mol. The van der Waals surface area contributed by atoms with Gasteiger partial charge in [-0.15, -0.1) is 0 Å². The van der Waals surface area contributed by atoms with E-state index in [1.165, 1.54) is 18.0 Å². The molecular formula is C23H27Cl2F2N3O4S. The molecule has 7 nitrogen and oxygen atoms in total. The van der Waals surface area contributed by atoms with E-state index < -0.39 is 33.6 Å². The summed E-state index contributed by atoms with van der Waals surface area (Å²) in [4.78, 5) is 27.1. The first-order chi connectivity index (χ1) is 16.4. The summed E-state index contributed by atoms with van der Waals surface area (Å²) in [5.41, 5.74) is 0.534. The van der Waals surface area contributed by atoms with Crippen LogP contribution in [0.25, 0.3) is 0 Å². The highest BCUT2D eigenvalue weighted by Crippen LogP contribution is 2.25. The van der Waals surface area contributed by atoms with Crippen molar-refractivity contribution in [2.24, 2.45) is 0 Å². The molecule has 0 saturated heterocycles. The van der Waals surface area contributed by atoms with Gasteiger partial charge in [0.15, 0.2) is 11.6 Å². The van der Waals surface area contributed by atoms with E-state index in [-0.39, 0.29) is 37.5 Å². The van der Waals surface area contributed by atoms with E-state index in [9.17, 15) is 26.8 Å². The lowest BCUT2D eigenvalue weighted by Crippen LogP contribution is -2.48. The summed E-state index contributed by atoms with van der Waals surface area (Å²) in [6.45, 7) is 1.65. The molecule has 0 bridgehead atoms. The first-order valence-electron chi connectivity index (χ1n) is 10.8. The number of hydrogen-bond donors (Lipinski definition) is 1. The van der Waals surface area contributed by atoms with Gasteiger partial charge in [-0.1, -0.05) is 36.2 Å².